The van der Waals surface area contributed by atoms with Crippen LogP contribution in [-0.2, 0) is 4.79 Å². The van der Waals surface area contributed by atoms with Crippen LogP contribution in [-0.4, -0.2) is 49.4 Å². The first-order valence-corrected chi connectivity index (χ1v) is 10.9. The molecule has 27 heavy (non-hydrogen) atoms. The van der Waals surface area contributed by atoms with E-state index in [9.17, 15) is 4.79 Å². The number of hydrogen-bond donors (Lipinski definition) is 0. The molecule has 2 heterocycles. The molecule has 144 valence electrons. The van der Waals surface area contributed by atoms with Gasteiger partial charge in [0.05, 0.1) is 11.4 Å². The second kappa shape index (κ2) is 8.00. The van der Waals surface area contributed by atoms with Crippen LogP contribution in [0.15, 0.2) is 23.4 Å². The molecule has 2 aliphatic rings. The highest BCUT2D eigenvalue weighted by molar-refractivity contribution is 7.99. The molecule has 2 unspecified atom stereocenters. The normalized spacial score (nSPS) is 22.5. The van der Waals surface area contributed by atoms with Gasteiger partial charge in [0, 0.05) is 12.6 Å². The van der Waals surface area contributed by atoms with E-state index in [1.165, 1.54) is 55.0 Å². The summed E-state index contributed by atoms with van der Waals surface area (Å²) >= 11 is 1.44. The number of thioether (sulfide) groups is 1. The molecule has 0 bridgehead atoms. The van der Waals surface area contributed by atoms with Crippen LogP contribution in [0, 0.1) is 19.8 Å². The second-order valence-electron chi connectivity index (χ2n) is 7.77. The minimum Gasteiger partial charge on any atom is -0.339 e. The molecule has 0 N–H and O–H groups in total. The van der Waals surface area contributed by atoms with Gasteiger partial charge in [-0.25, -0.2) is 0 Å². The molecule has 1 aliphatic carbocycles. The average Bonchev–Trinajstić information content (AvgIpc) is 3.16. The topological polar surface area (TPSA) is 63.9 Å². The first-order valence-electron chi connectivity index (χ1n) is 9.92. The Morgan fingerprint density at radius 3 is 2.81 bits per heavy atom. The predicted molar refractivity (Wildman–Crippen MR) is 106 cm³/mol. The Balaban J connectivity index is 1.44. The number of aromatic nitrogens is 4. The number of amides is 1. The maximum Gasteiger partial charge on any atom is 0.233 e. The van der Waals surface area contributed by atoms with Crippen LogP contribution in [0.2, 0.25) is 0 Å². The van der Waals surface area contributed by atoms with Crippen molar-refractivity contribution in [1.82, 2.24) is 25.1 Å². The van der Waals surface area contributed by atoms with Gasteiger partial charge in [-0.1, -0.05) is 30.7 Å². The zero-order valence-corrected chi connectivity index (χ0v) is 16.9. The van der Waals surface area contributed by atoms with E-state index >= 15 is 0 Å². The number of aryl methyl sites for hydroxylation is 2. The summed E-state index contributed by atoms with van der Waals surface area (Å²) < 4.78 is 1.73. The highest BCUT2D eigenvalue weighted by atomic mass is 32.2. The summed E-state index contributed by atoms with van der Waals surface area (Å²) in [5.74, 6) is 1.34. The van der Waals surface area contributed by atoms with Crippen molar-refractivity contribution in [3.63, 3.8) is 0 Å². The lowest BCUT2D eigenvalue weighted by atomic mass is 9.78. The standard InChI is InChI=1S/C20H27N5OS/c1-14-9-10-17(12-15(14)2)25-20(21-22-23-25)27-13-19(26)24-11-5-7-16-6-3-4-8-18(16)24/h9-10,12,16,18H,3-8,11,13H2,1-2H3. The molecule has 1 saturated carbocycles. The van der Waals surface area contributed by atoms with Crippen molar-refractivity contribution in [3.05, 3.63) is 29.3 Å². The molecule has 2 atom stereocenters. The molecular formula is C20H27N5OS. The highest BCUT2D eigenvalue weighted by Gasteiger charge is 2.35. The lowest BCUT2D eigenvalue weighted by Gasteiger charge is -2.44. The maximum atomic E-state index is 12.9. The van der Waals surface area contributed by atoms with Crippen molar-refractivity contribution in [2.24, 2.45) is 5.92 Å². The van der Waals surface area contributed by atoms with Crippen molar-refractivity contribution < 1.29 is 4.79 Å². The van der Waals surface area contributed by atoms with E-state index in [0.717, 1.165) is 18.7 Å². The van der Waals surface area contributed by atoms with Gasteiger partial charge in [0.15, 0.2) is 0 Å². The molecule has 7 heteroatoms. The van der Waals surface area contributed by atoms with Crippen LogP contribution >= 0.6 is 11.8 Å². The molecule has 1 amide bonds. The molecule has 0 spiro atoms. The van der Waals surface area contributed by atoms with Crippen molar-refractivity contribution in [2.75, 3.05) is 12.3 Å². The number of benzene rings is 1. The van der Waals surface area contributed by atoms with Crippen LogP contribution in [0.3, 0.4) is 0 Å². The third kappa shape index (κ3) is 3.88. The summed E-state index contributed by atoms with van der Waals surface area (Å²) in [6.07, 6.45) is 7.45. The summed E-state index contributed by atoms with van der Waals surface area (Å²) in [7, 11) is 0. The summed E-state index contributed by atoms with van der Waals surface area (Å²) in [6.45, 7) is 5.07. The lowest BCUT2D eigenvalue weighted by molar-refractivity contribution is -0.134. The molecule has 1 aromatic carbocycles. The van der Waals surface area contributed by atoms with Gasteiger partial charge >= 0.3 is 0 Å². The van der Waals surface area contributed by atoms with Crippen LogP contribution in [0.25, 0.3) is 5.69 Å². The Hall–Kier alpha value is -1.89. The summed E-state index contributed by atoms with van der Waals surface area (Å²) in [6, 6.07) is 6.62. The fourth-order valence-electron chi connectivity index (χ4n) is 4.43. The van der Waals surface area contributed by atoms with E-state index in [-0.39, 0.29) is 5.91 Å². The highest BCUT2D eigenvalue weighted by Crippen LogP contribution is 2.35. The van der Waals surface area contributed by atoms with Crippen LogP contribution in [0.5, 0.6) is 0 Å². The smallest absolute Gasteiger partial charge is 0.233 e. The minimum absolute atomic E-state index is 0.228. The number of carbonyl (C=O) groups is 1. The first-order chi connectivity index (χ1) is 13.1. The van der Waals surface area contributed by atoms with Gasteiger partial charge in [-0.2, -0.15) is 4.68 Å². The number of fused-ring (bicyclic) bond motifs is 1. The van der Waals surface area contributed by atoms with Gasteiger partial charge in [0.1, 0.15) is 0 Å². The number of rotatable bonds is 4. The molecule has 1 aromatic heterocycles. The molecule has 6 nitrogen and oxygen atoms in total. The molecule has 4 rings (SSSR count). The quantitative estimate of drug-likeness (QED) is 0.753. The monoisotopic (exact) mass is 385 g/mol. The number of piperidine rings is 1. The Morgan fingerprint density at radius 1 is 1.15 bits per heavy atom. The van der Waals surface area contributed by atoms with E-state index in [1.54, 1.807) is 4.68 Å². The zero-order chi connectivity index (χ0) is 18.8. The van der Waals surface area contributed by atoms with Gasteiger partial charge in [-0.05, 0) is 79.1 Å². The van der Waals surface area contributed by atoms with Gasteiger partial charge in [0.25, 0.3) is 0 Å². The number of tetrazole rings is 1. The van der Waals surface area contributed by atoms with E-state index in [4.69, 9.17) is 0 Å². The van der Waals surface area contributed by atoms with Crippen molar-refractivity contribution in [3.8, 4) is 5.69 Å². The van der Waals surface area contributed by atoms with Gasteiger partial charge in [0.2, 0.25) is 11.1 Å². The van der Waals surface area contributed by atoms with Gasteiger partial charge in [-0.15, -0.1) is 5.10 Å². The van der Waals surface area contributed by atoms with Crippen molar-refractivity contribution in [1.29, 1.82) is 0 Å². The summed E-state index contributed by atoms with van der Waals surface area (Å²) in [5.41, 5.74) is 3.37. The Kier molecular flexibility index (Phi) is 5.48. The largest absolute Gasteiger partial charge is 0.339 e. The van der Waals surface area contributed by atoms with E-state index in [1.807, 2.05) is 6.07 Å². The number of carbonyl (C=O) groups excluding carboxylic acids is 1. The maximum absolute atomic E-state index is 12.9. The second-order valence-corrected chi connectivity index (χ2v) is 8.71. The molecule has 1 aliphatic heterocycles. The summed E-state index contributed by atoms with van der Waals surface area (Å²) in [5, 5.41) is 12.8. The number of hydrogen-bond acceptors (Lipinski definition) is 5. The molecule has 0 radical (unpaired) electrons. The van der Waals surface area contributed by atoms with Crippen LogP contribution < -0.4 is 0 Å². The van der Waals surface area contributed by atoms with Crippen LogP contribution in [0.1, 0.15) is 49.7 Å². The Morgan fingerprint density at radius 2 is 1.96 bits per heavy atom. The Labute approximate surface area is 164 Å². The van der Waals surface area contributed by atoms with E-state index in [0.29, 0.717) is 22.9 Å². The molecule has 1 saturated heterocycles. The zero-order valence-electron chi connectivity index (χ0n) is 16.1. The average molecular weight is 386 g/mol. The van der Waals surface area contributed by atoms with E-state index < -0.39 is 0 Å². The number of likely N-dealkylation sites (tertiary alicyclic amines) is 1. The molecule has 2 fully saturated rings. The van der Waals surface area contributed by atoms with Gasteiger partial charge in [-0.3, -0.25) is 4.79 Å². The lowest BCUT2D eigenvalue weighted by Crippen LogP contribution is -2.50. The SMILES string of the molecule is Cc1ccc(-n2nnnc2SCC(=O)N2CCCC3CCCCC32)cc1C. The Bertz CT molecular complexity index is 818. The summed E-state index contributed by atoms with van der Waals surface area (Å²) in [4.78, 5) is 15.1. The fraction of sp³-hybridized carbons (Fsp3) is 0.600. The minimum atomic E-state index is 0.228. The third-order valence-electron chi connectivity index (χ3n) is 6.06. The molecular weight excluding hydrogens is 358 g/mol. The number of nitrogens with zero attached hydrogens (tertiary/aromatic N) is 5. The molecule has 2 aromatic rings. The van der Waals surface area contributed by atoms with Gasteiger partial charge < -0.3 is 4.90 Å². The first kappa shape index (κ1) is 18.5. The van der Waals surface area contributed by atoms with Crippen molar-refractivity contribution in [2.45, 2.75) is 63.6 Å². The van der Waals surface area contributed by atoms with E-state index in [2.05, 4.69) is 46.4 Å². The third-order valence-corrected chi connectivity index (χ3v) is 6.97. The van der Waals surface area contributed by atoms with Crippen LogP contribution in [0.4, 0.5) is 0 Å². The fourth-order valence-corrected chi connectivity index (χ4v) is 5.21. The predicted octanol–water partition coefficient (Wildman–Crippen LogP) is 3.55. The van der Waals surface area contributed by atoms with Crippen molar-refractivity contribution >= 4 is 17.7 Å².